The van der Waals surface area contributed by atoms with E-state index in [2.05, 4.69) is 29.9 Å². The number of hydrogen-bond acceptors (Lipinski definition) is 6. The molecular formula is C16H15N7O. The number of para-hydroxylation sites is 1. The third-order valence-corrected chi connectivity index (χ3v) is 4.56. The van der Waals surface area contributed by atoms with E-state index in [1.165, 1.54) is 12.8 Å². The fourth-order valence-electron chi connectivity index (χ4n) is 3.11. The van der Waals surface area contributed by atoms with Crippen molar-refractivity contribution >= 4 is 16.9 Å². The van der Waals surface area contributed by atoms with Crippen molar-refractivity contribution in [2.45, 2.75) is 31.8 Å². The van der Waals surface area contributed by atoms with Gasteiger partial charge in [0.25, 0.3) is 5.91 Å². The molecule has 3 aromatic rings. The molecule has 0 N–H and O–H groups in total. The minimum atomic E-state index is -0.213. The van der Waals surface area contributed by atoms with Crippen LogP contribution in [0.15, 0.2) is 24.3 Å². The van der Waals surface area contributed by atoms with E-state index in [0.717, 1.165) is 18.2 Å². The van der Waals surface area contributed by atoms with Gasteiger partial charge >= 0.3 is 0 Å². The van der Waals surface area contributed by atoms with Gasteiger partial charge in [0, 0.05) is 19.0 Å². The molecule has 2 aliphatic rings. The van der Waals surface area contributed by atoms with Crippen molar-refractivity contribution in [1.82, 2.24) is 34.8 Å². The molecule has 1 fully saturated rings. The van der Waals surface area contributed by atoms with Crippen LogP contribution in [0.1, 0.15) is 41.0 Å². The highest BCUT2D eigenvalue weighted by molar-refractivity contribution is 5.91. The Morgan fingerprint density at radius 1 is 1.00 bits per heavy atom. The van der Waals surface area contributed by atoms with Gasteiger partial charge in [0.15, 0.2) is 5.82 Å². The number of hydrogen-bond donors (Lipinski definition) is 0. The van der Waals surface area contributed by atoms with Gasteiger partial charge in [-0.1, -0.05) is 12.1 Å². The van der Waals surface area contributed by atoms with Crippen molar-refractivity contribution in [2.24, 2.45) is 0 Å². The first kappa shape index (κ1) is 13.5. The lowest BCUT2D eigenvalue weighted by molar-refractivity contribution is 0.0693. The second-order valence-corrected chi connectivity index (χ2v) is 6.25. The van der Waals surface area contributed by atoms with Crippen LogP contribution in [0.2, 0.25) is 0 Å². The highest BCUT2D eigenvalue weighted by Crippen LogP contribution is 2.39. The molecule has 1 amide bonds. The fraction of sp³-hybridized carbons (Fsp3) is 0.375. The van der Waals surface area contributed by atoms with Crippen LogP contribution in [0.3, 0.4) is 0 Å². The van der Waals surface area contributed by atoms with Gasteiger partial charge in [-0.25, -0.2) is 4.98 Å². The summed E-state index contributed by atoms with van der Waals surface area (Å²) in [7, 11) is 0. The van der Waals surface area contributed by atoms with Gasteiger partial charge in [-0.3, -0.25) is 4.79 Å². The third kappa shape index (κ3) is 2.14. The number of carbonyl (C=O) groups is 1. The van der Waals surface area contributed by atoms with Crippen LogP contribution in [0, 0.1) is 0 Å². The molecule has 8 nitrogen and oxygen atoms in total. The van der Waals surface area contributed by atoms with Crippen LogP contribution in [0.5, 0.6) is 0 Å². The zero-order chi connectivity index (χ0) is 16.1. The number of carbonyl (C=O) groups excluding carboxylic acids is 1. The molecule has 5 rings (SSSR count). The molecule has 3 heterocycles. The summed E-state index contributed by atoms with van der Waals surface area (Å²) < 4.78 is 2.15. The largest absolute Gasteiger partial charge is 0.327 e. The molecule has 24 heavy (non-hydrogen) atoms. The number of aromatic nitrogens is 6. The molecule has 0 unspecified atom stereocenters. The number of amides is 1. The summed E-state index contributed by atoms with van der Waals surface area (Å²) in [6, 6.07) is 7.39. The normalized spacial score (nSPS) is 17.1. The topological polar surface area (TPSA) is 89.7 Å². The molecule has 1 aromatic carbocycles. The molecule has 0 spiro atoms. The molecule has 120 valence electrons. The Kier molecular flexibility index (Phi) is 2.85. The van der Waals surface area contributed by atoms with Gasteiger partial charge in [-0.2, -0.15) is 0 Å². The average Bonchev–Trinajstić information content (AvgIpc) is 3.39. The van der Waals surface area contributed by atoms with Crippen LogP contribution < -0.4 is 0 Å². The van der Waals surface area contributed by atoms with E-state index < -0.39 is 0 Å². The summed E-state index contributed by atoms with van der Waals surface area (Å²) in [4.78, 5) is 18.8. The van der Waals surface area contributed by atoms with Crippen LogP contribution >= 0.6 is 0 Å². The van der Waals surface area contributed by atoms with Gasteiger partial charge in [0.05, 0.1) is 12.1 Å². The summed E-state index contributed by atoms with van der Waals surface area (Å²) >= 11 is 0. The molecule has 0 atom stereocenters. The van der Waals surface area contributed by atoms with Gasteiger partial charge in [-0.05, 0) is 25.0 Å². The van der Waals surface area contributed by atoms with Gasteiger partial charge in [0.2, 0.25) is 5.82 Å². The Balaban J connectivity index is 1.42. The molecule has 2 aromatic heterocycles. The van der Waals surface area contributed by atoms with E-state index in [1.807, 2.05) is 24.3 Å². The number of benzene rings is 1. The zero-order valence-electron chi connectivity index (χ0n) is 13.0. The van der Waals surface area contributed by atoms with Crippen LogP contribution in [-0.2, 0) is 13.1 Å². The van der Waals surface area contributed by atoms with E-state index in [4.69, 9.17) is 0 Å². The molecule has 1 aliphatic heterocycles. The van der Waals surface area contributed by atoms with Crippen molar-refractivity contribution in [1.29, 1.82) is 0 Å². The maximum absolute atomic E-state index is 12.7. The minimum Gasteiger partial charge on any atom is -0.327 e. The van der Waals surface area contributed by atoms with Crippen LogP contribution in [0.25, 0.3) is 11.0 Å². The van der Waals surface area contributed by atoms with Gasteiger partial charge in [0.1, 0.15) is 11.3 Å². The first-order valence-corrected chi connectivity index (χ1v) is 8.10. The molecular weight excluding hydrogens is 306 g/mol. The number of nitrogens with zero attached hydrogens (tertiary/aromatic N) is 7. The summed E-state index contributed by atoms with van der Waals surface area (Å²) in [6.45, 7) is 1.77. The lowest BCUT2D eigenvalue weighted by Crippen LogP contribution is -2.39. The lowest BCUT2D eigenvalue weighted by Gasteiger charge is -2.27. The highest BCUT2D eigenvalue weighted by atomic mass is 16.2. The second kappa shape index (κ2) is 5.05. The Morgan fingerprint density at radius 2 is 1.83 bits per heavy atom. The van der Waals surface area contributed by atoms with E-state index in [9.17, 15) is 4.79 Å². The first-order valence-electron chi connectivity index (χ1n) is 8.10. The third-order valence-electron chi connectivity index (χ3n) is 4.56. The van der Waals surface area contributed by atoms with Crippen molar-refractivity contribution in [2.75, 3.05) is 6.54 Å². The first-order chi connectivity index (χ1) is 11.8. The Bertz CT molecular complexity index is 947. The Labute approximate surface area is 137 Å². The second-order valence-electron chi connectivity index (χ2n) is 6.25. The van der Waals surface area contributed by atoms with Crippen LogP contribution in [0.4, 0.5) is 0 Å². The van der Waals surface area contributed by atoms with E-state index >= 15 is 0 Å². The zero-order valence-corrected chi connectivity index (χ0v) is 13.0. The summed E-state index contributed by atoms with van der Waals surface area (Å²) in [5.74, 6) is 2.38. The average molecular weight is 321 g/mol. The van der Waals surface area contributed by atoms with Crippen molar-refractivity contribution < 1.29 is 4.79 Å². The minimum absolute atomic E-state index is 0.129. The maximum Gasteiger partial charge on any atom is 0.294 e. The molecule has 1 aliphatic carbocycles. The monoisotopic (exact) mass is 321 g/mol. The summed E-state index contributed by atoms with van der Waals surface area (Å²) in [6.07, 6.45) is 2.38. The predicted octanol–water partition coefficient (Wildman–Crippen LogP) is 1.15. The maximum atomic E-state index is 12.7. The number of rotatable bonds is 2. The standard InChI is InChI=1S/C16H15N7O/c24-16(14-17-11-3-1-2-4-12(11)18-20-14)22-7-8-23-13(9-22)19-21-15(23)10-5-6-10/h1-4,10H,5-9H2. The SMILES string of the molecule is O=C(c1nnc2ccccc2n1)N1CCn2c(nnc2C2CC2)C1. The van der Waals surface area contributed by atoms with E-state index in [1.54, 1.807) is 4.90 Å². The van der Waals surface area contributed by atoms with Crippen molar-refractivity contribution in [3.8, 4) is 0 Å². The smallest absolute Gasteiger partial charge is 0.294 e. The fourth-order valence-corrected chi connectivity index (χ4v) is 3.11. The molecule has 0 bridgehead atoms. The molecule has 0 radical (unpaired) electrons. The van der Waals surface area contributed by atoms with Crippen LogP contribution in [-0.4, -0.2) is 47.3 Å². The highest BCUT2D eigenvalue weighted by Gasteiger charge is 2.33. The summed E-state index contributed by atoms with van der Waals surface area (Å²) in [5.41, 5.74) is 1.36. The quantitative estimate of drug-likeness (QED) is 0.703. The van der Waals surface area contributed by atoms with Crippen molar-refractivity contribution in [3.63, 3.8) is 0 Å². The van der Waals surface area contributed by atoms with Gasteiger partial charge in [-0.15, -0.1) is 20.4 Å². The van der Waals surface area contributed by atoms with E-state index in [-0.39, 0.29) is 11.7 Å². The Hall–Kier alpha value is -2.90. The van der Waals surface area contributed by atoms with Crippen molar-refractivity contribution in [3.05, 3.63) is 41.7 Å². The number of fused-ring (bicyclic) bond motifs is 2. The Morgan fingerprint density at radius 3 is 2.67 bits per heavy atom. The molecule has 0 saturated heterocycles. The lowest BCUT2D eigenvalue weighted by atomic mass is 10.3. The summed E-state index contributed by atoms with van der Waals surface area (Å²) in [5, 5.41) is 16.6. The molecule has 1 saturated carbocycles. The predicted molar refractivity (Wildman–Crippen MR) is 84.1 cm³/mol. The van der Waals surface area contributed by atoms with E-state index in [0.29, 0.717) is 30.0 Å². The molecule has 8 heteroatoms. The van der Waals surface area contributed by atoms with Gasteiger partial charge < -0.3 is 9.47 Å².